The first-order valence-electron chi connectivity index (χ1n) is 11.2. The molecule has 0 spiro atoms. The van der Waals surface area contributed by atoms with Crippen LogP contribution in [0.25, 0.3) is 33.5 Å². The minimum absolute atomic E-state index is 0.261. The molecular formula is C24H24ClN11. The maximum atomic E-state index is 6.37. The highest BCUT2D eigenvalue weighted by Crippen LogP contribution is 2.31. The van der Waals surface area contributed by atoms with Gasteiger partial charge in [0.15, 0.2) is 5.82 Å². The number of rotatable bonds is 8. The van der Waals surface area contributed by atoms with Crippen LogP contribution in [0.5, 0.6) is 0 Å². The Balaban J connectivity index is 1.55. The van der Waals surface area contributed by atoms with E-state index in [2.05, 4.69) is 30.9 Å². The van der Waals surface area contributed by atoms with Crippen molar-refractivity contribution in [2.24, 2.45) is 0 Å². The Morgan fingerprint density at radius 1 is 1.19 bits per heavy atom. The average molecular weight is 502 g/mol. The molecule has 0 aliphatic rings. The smallest absolute Gasteiger partial charge is 0.152 e. The van der Waals surface area contributed by atoms with Crippen LogP contribution in [0, 0.1) is 0 Å². The number of hydrazine groups is 1. The van der Waals surface area contributed by atoms with Gasteiger partial charge in [0.05, 0.1) is 41.9 Å². The lowest BCUT2D eigenvalue weighted by atomic mass is 10.1. The maximum Gasteiger partial charge on any atom is 0.152 e. The van der Waals surface area contributed by atoms with Gasteiger partial charge in [-0.1, -0.05) is 35.0 Å². The van der Waals surface area contributed by atoms with Crippen LogP contribution in [0.1, 0.15) is 18.3 Å². The first-order valence-corrected chi connectivity index (χ1v) is 11.6. The second-order valence-electron chi connectivity index (χ2n) is 8.07. The molecule has 0 amide bonds. The number of nitrogens with one attached hydrogen (secondary N) is 2. The van der Waals surface area contributed by atoms with Gasteiger partial charge in [-0.15, -0.1) is 5.10 Å². The number of aromatic amines is 1. The zero-order valence-electron chi connectivity index (χ0n) is 19.7. The van der Waals surface area contributed by atoms with E-state index in [0.29, 0.717) is 41.0 Å². The third-order valence-corrected chi connectivity index (χ3v) is 5.76. The lowest BCUT2D eigenvalue weighted by Gasteiger charge is -2.17. The van der Waals surface area contributed by atoms with Crippen LogP contribution in [-0.4, -0.2) is 52.2 Å². The summed E-state index contributed by atoms with van der Waals surface area (Å²) in [4.78, 5) is 13.9. The summed E-state index contributed by atoms with van der Waals surface area (Å²) in [5, 5.41) is 18.6. The average Bonchev–Trinajstić information content (AvgIpc) is 3.50. The highest BCUT2D eigenvalue weighted by molar-refractivity contribution is 6.34. The number of nitrogen functional groups attached to an aromatic ring is 1. The summed E-state index contributed by atoms with van der Waals surface area (Å²) < 4.78 is 1.69. The fourth-order valence-electron chi connectivity index (χ4n) is 3.77. The lowest BCUT2D eigenvalue weighted by Crippen LogP contribution is -2.29. The van der Waals surface area contributed by atoms with Gasteiger partial charge in [0.2, 0.25) is 0 Å². The van der Waals surface area contributed by atoms with Gasteiger partial charge in [-0.05, 0) is 31.2 Å². The Bertz CT molecular complexity index is 1520. The van der Waals surface area contributed by atoms with Crippen molar-refractivity contribution in [1.82, 2.24) is 50.6 Å². The summed E-state index contributed by atoms with van der Waals surface area (Å²) in [5.41, 5.74) is 14.4. The highest BCUT2D eigenvalue weighted by atomic mass is 35.5. The fraction of sp³-hybridized carbons (Fsp3) is 0.167. The zero-order chi connectivity index (χ0) is 25.1. The number of hydrogen-bond acceptors (Lipinski definition) is 9. The van der Waals surface area contributed by atoms with Crippen molar-refractivity contribution in [1.29, 1.82) is 0 Å². The van der Waals surface area contributed by atoms with Gasteiger partial charge < -0.3 is 10.7 Å². The molecule has 0 saturated carbocycles. The van der Waals surface area contributed by atoms with Gasteiger partial charge in [-0.2, -0.15) is 5.10 Å². The standard InChI is InChI=1S/C24H24ClN11/c1-3-10-35(2)28-12-19-21(15-7-8-18-17(11-15)23(25)33-31-18)30-22(24(26)29-19)20-14-36(34-32-20)13-16-6-4-5-9-27-16/h3-11,14,28H,12-13H2,1-2H3,(H2,26,29)(H,31,33)/b10-3-. The molecule has 4 aromatic heterocycles. The lowest BCUT2D eigenvalue weighted by molar-refractivity contribution is 0.321. The van der Waals surface area contributed by atoms with Gasteiger partial charge in [-0.25, -0.2) is 20.1 Å². The number of pyridine rings is 1. The van der Waals surface area contributed by atoms with Gasteiger partial charge in [-0.3, -0.25) is 10.1 Å². The van der Waals surface area contributed by atoms with Crippen LogP contribution in [0.2, 0.25) is 5.15 Å². The van der Waals surface area contributed by atoms with E-state index < -0.39 is 0 Å². The van der Waals surface area contributed by atoms with Crippen LogP contribution in [0.15, 0.2) is 61.1 Å². The quantitative estimate of drug-likeness (QED) is 0.273. The monoisotopic (exact) mass is 501 g/mol. The summed E-state index contributed by atoms with van der Waals surface area (Å²) in [7, 11) is 1.90. The third-order valence-electron chi connectivity index (χ3n) is 5.48. The van der Waals surface area contributed by atoms with Crippen LogP contribution in [0.3, 0.4) is 0 Å². The van der Waals surface area contributed by atoms with E-state index in [-0.39, 0.29) is 5.82 Å². The molecule has 1 aromatic carbocycles. The van der Waals surface area contributed by atoms with E-state index in [1.54, 1.807) is 17.1 Å². The number of nitrogens with zero attached hydrogens (tertiary/aromatic N) is 8. The Kier molecular flexibility index (Phi) is 6.56. The molecule has 0 fully saturated rings. The van der Waals surface area contributed by atoms with Gasteiger partial charge in [0.1, 0.15) is 16.5 Å². The van der Waals surface area contributed by atoms with Crippen LogP contribution in [0.4, 0.5) is 5.82 Å². The van der Waals surface area contributed by atoms with E-state index in [1.807, 2.05) is 67.7 Å². The van der Waals surface area contributed by atoms with Crippen molar-refractivity contribution in [3.05, 3.63) is 77.6 Å². The molecule has 0 bridgehead atoms. The van der Waals surface area contributed by atoms with Gasteiger partial charge >= 0.3 is 0 Å². The van der Waals surface area contributed by atoms with E-state index in [0.717, 1.165) is 22.2 Å². The molecule has 4 heterocycles. The number of fused-ring (bicyclic) bond motifs is 1. The molecule has 4 N–H and O–H groups in total. The van der Waals surface area contributed by atoms with Crippen molar-refractivity contribution in [3.63, 3.8) is 0 Å². The van der Waals surface area contributed by atoms with Crippen molar-refractivity contribution in [2.45, 2.75) is 20.0 Å². The van der Waals surface area contributed by atoms with E-state index in [4.69, 9.17) is 27.3 Å². The largest absolute Gasteiger partial charge is 0.382 e. The Labute approximate surface area is 212 Å². The second kappa shape index (κ2) is 10.1. The molecule has 5 rings (SSSR count). The molecule has 0 aliphatic carbocycles. The van der Waals surface area contributed by atoms with Crippen molar-refractivity contribution in [3.8, 4) is 22.6 Å². The third kappa shape index (κ3) is 4.88. The predicted octanol–water partition coefficient (Wildman–Crippen LogP) is 3.43. The van der Waals surface area contributed by atoms with E-state index in [1.165, 1.54) is 0 Å². The summed E-state index contributed by atoms with van der Waals surface area (Å²) in [6.07, 6.45) is 7.36. The summed E-state index contributed by atoms with van der Waals surface area (Å²) in [6.45, 7) is 2.82. The Morgan fingerprint density at radius 2 is 2.08 bits per heavy atom. The normalized spacial score (nSPS) is 11.5. The molecule has 0 radical (unpaired) electrons. The number of allylic oxidation sites excluding steroid dienone is 1. The molecule has 0 atom stereocenters. The molecule has 5 aromatic rings. The van der Waals surface area contributed by atoms with Crippen LogP contribution >= 0.6 is 11.6 Å². The van der Waals surface area contributed by atoms with Crippen LogP contribution < -0.4 is 11.2 Å². The van der Waals surface area contributed by atoms with Crippen LogP contribution in [-0.2, 0) is 13.1 Å². The zero-order valence-corrected chi connectivity index (χ0v) is 20.5. The number of hydrogen-bond donors (Lipinski definition) is 3. The predicted molar refractivity (Wildman–Crippen MR) is 138 cm³/mol. The first-order chi connectivity index (χ1) is 17.5. The summed E-state index contributed by atoms with van der Waals surface area (Å²) >= 11 is 6.30. The van der Waals surface area contributed by atoms with Crippen molar-refractivity contribution in [2.75, 3.05) is 12.8 Å². The molecular weight excluding hydrogens is 478 g/mol. The van der Waals surface area contributed by atoms with Gasteiger partial charge in [0.25, 0.3) is 0 Å². The molecule has 36 heavy (non-hydrogen) atoms. The number of H-pyrrole nitrogens is 1. The fourth-order valence-corrected chi connectivity index (χ4v) is 3.97. The van der Waals surface area contributed by atoms with Gasteiger partial charge in [0, 0.05) is 30.4 Å². The molecule has 0 aliphatic heterocycles. The number of aromatic nitrogens is 8. The maximum absolute atomic E-state index is 6.37. The number of benzene rings is 1. The molecule has 0 unspecified atom stereocenters. The van der Waals surface area contributed by atoms with E-state index >= 15 is 0 Å². The highest BCUT2D eigenvalue weighted by Gasteiger charge is 2.19. The number of nitrogens with two attached hydrogens (primary N) is 1. The molecule has 182 valence electrons. The molecule has 11 nitrogen and oxygen atoms in total. The number of anilines is 1. The first kappa shape index (κ1) is 23.4. The van der Waals surface area contributed by atoms with Crippen molar-refractivity contribution >= 4 is 28.3 Å². The molecule has 12 heteroatoms. The Morgan fingerprint density at radius 3 is 2.89 bits per heavy atom. The topological polar surface area (TPSA) is 139 Å². The summed E-state index contributed by atoms with van der Waals surface area (Å²) in [6, 6.07) is 11.5. The second-order valence-corrected chi connectivity index (χ2v) is 8.45. The minimum atomic E-state index is 0.261. The SMILES string of the molecule is C/C=C\N(C)NCc1nc(N)c(-c2cn(Cc3ccccn3)nn2)nc1-c1ccc2n[nH]c(Cl)c2c1. The van der Waals surface area contributed by atoms with Crippen molar-refractivity contribution < 1.29 is 0 Å². The minimum Gasteiger partial charge on any atom is -0.382 e. The number of halogens is 1. The Hall–Kier alpha value is -4.35. The summed E-state index contributed by atoms with van der Waals surface area (Å²) in [5.74, 6) is 0.261. The van der Waals surface area contributed by atoms with E-state index in [9.17, 15) is 0 Å². The molecule has 0 saturated heterocycles.